The summed E-state index contributed by atoms with van der Waals surface area (Å²) in [7, 11) is -0.422. The highest BCUT2D eigenvalue weighted by atomic mass is 28.4. The van der Waals surface area contributed by atoms with Crippen LogP contribution in [0.3, 0.4) is 0 Å². The van der Waals surface area contributed by atoms with Crippen molar-refractivity contribution in [3.63, 3.8) is 0 Å². The first kappa shape index (κ1) is 28.8. The van der Waals surface area contributed by atoms with Crippen LogP contribution >= 0.6 is 0 Å². The number of fused-ring (bicyclic) bond motifs is 1. The number of benzene rings is 2. The van der Waals surface area contributed by atoms with Crippen LogP contribution in [0, 0.1) is 0 Å². The highest BCUT2D eigenvalue weighted by Crippen LogP contribution is 2.38. The molecule has 0 saturated heterocycles. The number of carbonyl (C=O) groups is 1. The van der Waals surface area contributed by atoms with Crippen molar-refractivity contribution in [2.45, 2.75) is 64.1 Å². The lowest BCUT2D eigenvalue weighted by Gasteiger charge is -2.37. The van der Waals surface area contributed by atoms with Gasteiger partial charge in [0.1, 0.15) is 0 Å². The van der Waals surface area contributed by atoms with Crippen molar-refractivity contribution in [3.8, 4) is 0 Å². The Labute approximate surface area is 234 Å². The zero-order valence-electron chi connectivity index (χ0n) is 24.3. The second kappa shape index (κ2) is 12.3. The molecule has 0 unspecified atom stereocenters. The van der Waals surface area contributed by atoms with Crippen LogP contribution in [0.4, 0.5) is 17.1 Å². The Balaban J connectivity index is 1.53. The van der Waals surface area contributed by atoms with Crippen molar-refractivity contribution < 1.29 is 14.0 Å². The zero-order chi connectivity index (χ0) is 28.0. The van der Waals surface area contributed by atoms with Gasteiger partial charge in [0, 0.05) is 36.6 Å². The van der Waals surface area contributed by atoms with Crippen molar-refractivity contribution in [1.29, 1.82) is 0 Å². The van der Waals surface area contributed by atoms with E-state index in [9.17, 15) is 4.79 Å². The summed E-state index contributed by atoms with van der Waals surface area (Å²) in [5.41, 5.74) is 6.38. The molecule has 1 N–H and O–H groups in total. The fourth-order valence-corrected chi connectivity index (χ4v) is 6.00. The van der Waals surface area contributed by atoms with Crippen molar-refractivity contribution in [2.24, 2.45) is 0 Å². The monoisotopic (exact) mass is 545 g/mol. The van der Waals surface area contributed by atoms with E-state index in [-0.39, 0.29) is 11.0 Å². The highest BCUT2D eigenvalue weighted by Gasteiger charge is 2.37. The topological polar surface area (TPSA) is 63.7 Å². The number of ether oxygens (including phenoxy) is 1. The molecule has 0 aliphatic heterocycles. The van der Waals surface area contributed by atoms with E-state index < -0.39 is 8.32 Å². The van der Waals surface area contributed by atoms with E-state index in [0.29, 0.717) is 23.8 Å². The average molecular weight is 546 g/mol. The first-order valence-electron chi connectivity index (χ1n) is 14.0. The summed E-state index contributed by atoms with van der Waals surface area (Å²) in [5.74, 6) is 0.00715. The number of hydrogen-bond donors (Lipinski definition) is 1. The van der Waals surface area contributed by atoms with Gasteiger partial charge >= 0.3 is 5.97 Å². The molecule has 208 valence electrons. The largest absolute Gasteiger partial charge is 0.465 e. The molecule has 39 heavy (non-hydrogen) atoms. The van der Waals surface area contributed by atoms with Crippen molar-refractivity contribution >= 4 is 31.3 Å². The first-order valence-corrected chi connectivity index (χ1v) is 16.9. The molecule has 4 rings (SSSR count). The van der Waals surface area contributed by atoms with Gasteiger partial charge in [-0.05, 0) is 78.9 Å². The fourth-order valence-electron chi connectivity index (χ4n) is 4.96. The standard InChI is InChI=1S/C32H43N3O3Si/c1-32(2,3)39(5,6)38-20-19-35(26-13-8-7-9-14-26)27-15-16-28-24(21-27)11-10-12-25(28)22-34-30-23-33-18-17-29(30)31(36)37-4/h7-9,13-18,21,23,25,34H,10-12,19-20,22H2,1-6H3/t25-/m0/s1. The minimum Gasteiger partial charge on any atom is -0.465 e. The third-order valence-corrected chi connectivity index (χ3v) is 12.8. The minimum atomic E-state index is -1.82. The van der Waals surface area contributed by atoms with E-state index >= 15 is 0 Å². The van der Waals surface area contributed by atoms with Gasteiger partial charge in [0.15, 0.2) is 8.32 Å². The molecular formula is C32H43N3O3Si. The molecule has 1 aliphatic carbocycles. The number of esters is 1. The predicted octanol–water partition coefficient (Wildman–Crippen LogP) is 7.56. The van der Waals surface area contributed by atoms with Crippen LogP contribution in [0.25, 0.3) is 0 Å². The smallest absolute Gasteiger partial charge is 0.340 e. The molecular weight excluding hydrogens is 502 g/mol. The molecule has 2 aromatic carbocycles. The van der Waals surface area contributed by atoms with Gasteiger partial charge in [-0.25, -0.2) is 4.79 Å². The number of nitrogens with one attached hydrogen (secondary N) is 1. The maximum Gasteiger partial charge on any atom is 0.340 e. The third-order valence-electron chi connectivity index (χ3n) is 8.29. The summed E-state index contributed by atoms with van der Waals surface area (Å²) in [6.07, 6.45) is 6.63. The average Bonchev–Trinajstić information content (AvgIpc) is 2.93. The normalized spacial score (nSPS) is 15.4. The summed E-state index contributed by atoms with van der Waals surface area (Å²) in [5, 5.41) is 3.66. The number of anilines is 3. The number of hydrogen-bond acceptors (Lipinski definition) is 6. The second-order valence-electron chi connectivity index (χ2n) is 11.9. The SMILES string of the molecule is COC(=O)c1ccncc1NC[C@@H]1CCCc2cc(N(CCO[Si](C)(C)C(C)(C)C)c3ccccc3)ccc21. The molecule has 0 amide bonds. The van der Waals surface area contributed by atoms with E-state index in [1.807, 2.05) is 0 Å². The summed E-state index contributed by atoms with van der Waals surface area (Å²) < 4.78 is 11.5. The van der Waals surface area contributed by atoms with E-state index in [1.165, 1.54) is 29.6 Å². The van der Waals surface area contributed by atoms with Crippen molar-refractivity contribution in [3.05, 3.63) is 83.7 Å². The van der Waals surface area contributed by atoms with Gasteiger partial charge in [-0.15, -0.1) is 0 Å². The quantitative estimate of drug-likeness (QED) is 0.209. The zero-order valence-corrected chi connectivity index (χ0v) is 25.3. The second-order valence-corrected chi connectivity index (χ2v) is 16.7. The van der Waals surface area contributed by atoms with Crippen molar-refractivity contribution in [1.82, 2.24) is 4.98 Å². The molecule has 0 spiro atoms. The molecule has 6 nitrogen and oxygen atoms in total. The number of rotatable bonds is 10. The Kier molecular flexibility index (Phi) is 9.13. The van der Waals surface area contributed by atoms with Crippen LogP contribution in [0.5, 0.6) is 0 Å². The third kappa shape index (κ3) is 6.89. The first-order chi connectivity index (χ1) is 18.6. The molecule has 0 fully saturated rings. The number of nitrogens with zero attached hydrogens (tertiary/aromatic N) is 2. The van der Waals surface area contributed by atoms with E-state index in [4.69, 9.17) is 9.16 Å². The molecule has 1 aliphatic rings. The Morgan fingerprint density at radius 1 is 1.10 bits per heavy atom. The molecule has 3 aromatic rings. The summed E-state index contributed by atoms with van der Waals surface area (Å²) >= 11 is 0. The van der Waals surface area contributed by atoms with Crippen LogP contribution in [0.2, 0.25) is 18.1 Å². The van der Waals surface area contributed by atoms with Crippen LogP contribution in [0.15, 0.2) is 67.0 Å². The van der Waals surface area contributed by atoms with E-state index in [0.717, 1.165) is 32.4 Å². The Morgan fingerprint density at radius 2 is 1.87 bits per heavy atom. The van der Waals surface area contributed by atoms with Crippen LogP contribution in [0.1, 0.15) is 61.0 Å². The number of methoxy groups -OCH3 is 1. The van der Waals surface area contributed by atoms with E-state index in [1.54, 1.807) is 18.5 Å². The fraction of sp³-hybridized carbons (Fsp3) is 0.438. The number of pyridine rings is 1. The Morgan fingerprint density at radius 3 is 2.59 bits per heavy atom. The summed E-state index contributed by atoms with van der Waals surface area (Å²) in [6, 6.07) is 19.2. The van der Waals surface area contributed by atoms with Gasteiger partial charge < -0.3 is 19.4 Å². The summed E-state index contributed by atoms with van der Waals surface area (Å²) in [6.45, 7) is 13.7. The number of aryl methyl sites for hydroxylation is 1. The molecule has 1 atom stereocenters. The lowest BCUT2D eigenvalue weighted by Crippen LogP contribution is -2.42. The molecule has 1 aromatic heterocycles. The number of carbonyl (C=O) groups excluding carboxylic acids is 1. The molecule has 0 bridgehead atoms. The number of aromatic nitrogens is 1. The maximum absolute atomic E-state index is 12.2. The van der Waals surface area contributed by atoms with Crippen molar-refractivity contribution in [2.75, 3.05) is 37.0 Å². The Hall–Kier alpha value is -3.16. The summed E-state index contributed by atoms with van der Waals surface area (Å²) in [4.78, 5) is 18.8. The molecule has 1 heterocycles. The molecule has 0 saturated carbocycles. The van der Waals surface area contributed by atoms with E-state index in [2.05, 4.69) is 97.6 Å². The minimum absolute atomic E-state index is 0.187. The lowest BCUT2D eigenvalue weighted by atomic mass is 9.82. The predicted molar refractivity (Wildman–Crippen MR) is 163 cm³/mol. The van der Waals surface area contributed by atoms with Gasteiger partial charge in [0.05, 0.1) is 31.2 Å². The maximum atomic E-state index is 12.2. The van der Waals surface area contributed by atoms with Gasteiger partial charge in [-0.1, -0.05) is 45.0 Å². The van der Waals surface area contributed by atoms with Gasteiger partial charge in [0.25, 0.3) is 0 Å². The highest BCUT2D eigenvalue weighted by molar-refractivity contribution is 6.74. The lowest BCUT2D eigenvalue weighted by molar-refractivity contribution is 0.0601. The molecule has 7 heteroatoms. The van der Waals surface area contributed by atoms with Gasteiger partial charge in [-0.2, -0.15) is 0 Å². The van der Waals surface area contributed by atoms with Gasteiger partial charge in [-0.3, -0.25) is 4.98 Å². The Bertz CT molecular complexity index is 1260. The van der Waals surface area contributed by atoms with Gasteiger partial charge in [0.2, 0.25) is 0 Å². The van der Waals surface area contributed by atoms with Crippen LogP contribution in [-0.4, -0.2) is 46.1 Å². The number of para-hydroxylation sites is 1. The van der Waals surface area contributed by atoms with Crippen LogP contribution in [-0.2, 0) is 15.6 Å². The van der Waals surface area contributed by atoms with Crippen LogP contribution < -0.4 is 10.2 Å². The molecule has 0 radical (unpaired) electrons.